The van der Waals surface area contributed by atoms with E-state index in [2.05, 4.69) is 23.5 Å². The maximum atomic E-state index is 9.22. The van der Waals surface area contributed by atoms with Gasteiger partial charge in [-0.25, -0.2) is 0 Å². The monoisotopic (exact) mass is 277 g/mol. The maximum Gasteiger partial charge on any atom is 0.122 e. The third-order valence-electron chi connectivity index (χ3n) is 4.41. The van der Waals surface area contributed by atoms with Gasteiger partial charge in [0.05, 0.1) is 13.2 Å². The summed E-state index contributed by atoms with van der Waals surface area (Å²) < 4.78 is 11.0. The van der Waals surface area contributed by atoms with E-state index in [0.29, 0.717) is 0 Å². The van der Waals surface area contributed by atoms with Crippen LogP contribution < -0.4 is 10.1 Å². The molecular weight excluding hydrogens is 254 g/mol. The molecule has 2 N–H and O–H groups in total. The molecule has 0 aliphatic carbocycles. The van der Waals surface area contributed by atoms with Crippen LogP contribution in [-0.4, -0.2) is 38.1 Å². The minimum atomic E-state index is 0.120. The number of fused-ring (bicyclic) bond motifs is 1. The van der Waals surface area contributed by atoms with Crippen molar-refractivity contribution in [3.05, 3.63) is 29.3 Å². The van der Waals surface area contributed by atoms with Crippen LogP contribution in [0.3, 0.4) is 0 Å². The molecule has 4 heteroatoms. The molecule has 0 spiro atoms. The van der Waals surface area contributed by atoms with Crippen LogP contribution in [0.4, 0.5) is 0 Å². The average Bonchev–Trinajstić information content (AvgIpc) is 3.08. The Hall–Kier alpha value is -1.10. The number of aliphatic hydroxyl groups is 1. The van der Waals surface area contributed by atoms with Crippen molar-refractivity contribution in [1.29, 1.82) is 0 Å². The molecule has 1 unspecified atom stereocenters. The molecule has 1 atom stereocenters. The number of rotatable bonds is 6. The Labute approximate surface area is 120 Å². The van der Waals surface area contributed by atoms with Crippen molar-refractivity contribution in [1.82, 2.24) is 5.32 Å². The number of aliphatic hydroxyl groups excluding tert-OH is 1. The van der Waals surface area contributed by atoms with Crippen molar-refractivity contribution in [2.45, 2.75) is 25.8 Å². The van der Waals surface area contributed by atoms with Gasteiger partial charge in [0.2, 0.25) is 0 Å². The minimum Gasteiger partial charge on any atom is -0.493 e. The number of nitrogens with one attached hydrogen (secondary N) is 1. The van der Waals surface area contributed by atoms with Crippen molar-refractivity contribution in [3.8, 4) is 5.75 Å². The second-order valence-electron chi connectivity index (χ2n) is 5.92. The number of hydrogen-bond donors (Lipinski definition) is 2. The highest BCUT2D eigenvalue weighted by Crippen LogP contribution is 2.31. The molecule has 2 heterocycles. The van der Waals surface area contributed by atoms with Crippen LogP contribution in [0.5, 0.6) is 5.75 Å². The first kappa shape index (κ1) is 13.9. The predicted molar refractivity (Wildman–Crippen MR) is 76.9 cm³/mol. The van der Waals surface area contributed by atoms with Gasteiger partial charge in [-0.3, -0.25) is 0 Å². The molecule has 3 rings (SSSR count). The number of ether oxygens (including phenoxy) is 2. The molecule has 2 aliphatic rings. The zero-order valence-corrected chi connectivity index (χ0v) is 11.9. The van der Waals surface area contributed by atoms with Crippen LogP contribution >= 0.6 is 0 Å². The summed E-state index contributed by atoms with van der Waals surface area (Å²) in [6.07, 6.45) is 2.88. The van der Waals surface area contributed by atoms with E-state index < -0.39 is 0 Å². The lowest BCUT2D eigenvalue weighted by molar-refractivity contribution is 0.124. The predicted octanol–water partition coefficient (Wildman–Crippen LogP) is 1.50. The number of benzene rings is 1. The van der Waals surface area contributed by atoms with Gasteiger partial charge in [0.15, 0.2) is 0 Å². The molecule has 0 aromatic heterocycles. The number of hydrogen-bond acceptors (Lipinski definition) is 4. The topological polar surface area (TPSA) is 50.7 Å². The van der Waals surface area contributed by atoms with Crippen molar-refractivity contribution in [2.24, 2.45) is 5.41 Å². The Kier molecular flexibility index (Phi) is 4.24. The summed E-state index contributed by atoms with van der Waals surface area (Å²) in [6, 6.07) is 6.43. The Morgan fingerprint density at radius 2 is 2.25 bits per heavy atom. The lowest BCUT2D eigenvalue weighted by atomic mass is 9.84. The molecule has 110 valence electrons. The van der Waals surface area contributed by atoms with Crippen molar-refractivity contribution >= 4 is 0 Å². The molecule has 4 nitrogen and oxygen atoms in total. The molecule has 2 aliphatic heterocycles. The summed E-state index contributed by atoms with van der Waals surface area (Å²) in [5, 5.41) is 12.7. The highest BCUT2D eigenvalue weighted by molar-refractivity contribution is 5.39. The lowest BCUT2D eigenvalue weighted by Gasteiger charge is -2.26. The van der Waals surface area contributed by atoms with E-state index in [-0.39, 0.29) is 12.0 Å². The van der Waals surface area contributed by atoms with Gasteiger partial charge in [0, 0.05) is 38.1 Å². The van der Waals surface area contributed by atoms with Crippen LogP contribution in [0.1, 0.15) is 24.0 Å². The highest BCUT2D eigenvalue weighted by Gasteiger charge is 2.33. The molecular formula is C16H23NO3. The Bertz CT molecular complexity index is 455. The molecule has 0 radical (unpaired) electrons. The fraction of sp³-hybridized carbons (Fsp3) is 0.625. The second kappa shape index (κ2) is 6.12. The summed E-state index contributed by atoms with van der Waals surface area (Å²) in [7, 11) is 0. The van der Waals surface area contributed by atoms with E-state index in [1.165, 1.54) is 11.1 Å². The highest BCUT2D eigenvalue weighted by atomic mass is 16.5. The van der Waals surface area contributed by atoms with Gasteiger partial charge in [0.25, 0.3) is 0 Å². The second-order valence-corrected chi connectivity index (χ2v) is 5.92. The standard InChI is InChI=1S/C16H23NO3/c18-6-4-16(5-8-19-12-16)11-17-10-13-1-2-15-14(9-13)3-7-20-15/h1-2,9,17-18H,3-8,10-12H2. The van der Waals surface area contributed by atoms with Crippen molar-refractivity contribution < 1.29 is 14.6 Å². The Morgan fingerprint density at radius 1 is 1.30 bits per heavy atom. The molecule has 1 fully saturated rings. The lowest BCUT2D eigenvalue weighted by Crippen LogP contribution is -2.35. The molecule has 0 saturated carbocycles. The zero-order valence-electron chi connectivity index (χ0n) is 11.9. The summed E-state index contributed by atoms with van der Waals surface area (Å²) in [4.78, 5) is 0. The van der Waals surface area contributed by atoms with Gasteiger partial charge in [0.1, 0.15) is 5.75 Å². The molecule has 1 aromatic carbocycles. The molecule has 0 amide bonds. The van der Waals surface area contributed by atoms with Gasteiger partial charge >= 0.3 is 0 Å². The molecule has 1 saturated heterocycles. The molecule has 20 heavy (non-hydrogen) atoms. The van der Waals surface area contributed by atoms with Gasteiger partial charge in [-0.15, -0.1) is 0 Å². The van der Waals surface area contributed by atoms with Crippen molar-refractivity contribution in [3.63, 3.8) is 0 Å². The van der Waals surface area contributed by atoms with E-state index in [0.717, 1.165) is 57.9 Å². The van der Waals surface area contributed by atoms with E-state index in [4.69, 9.17) is 9.47 Å². The SMILES string of the molecule is OCCC1(CNCc2ccc3c(c2)CCO3)CCOC1. The van der Waals surface area contributed by atoms with E-state index in [1.807, 2.05) is 0 Å². The van der Waals surface area contributed by atoms with E-state index in [9.17, 15) is 5.11 Å². The first-order valence-corrected chi connectivity index (χ1v) is 7.45. The van der Waals surface area contributed by atoms with E-state index in [1.54, 1.807) is 0 Å². The van der Waals surface area contributed by atoms with Gasteiger partial charge in [-0.1, -0.05) is 12.1 Å². The van der Waals surface area contributed by atoms with Crippen LogP contribution in [-0.2, 0) is 17.7 Å². The van der Waals surface area contributed by atoms with Crippen LogP contribution in [0.15, 0.2) is 18.2 Å². The van der Waals surface area contributed by atoms with Gasteiger partial charge in [-0.05, 0) is 30.0 Å². The molecule has 0 bridgehead atoms. The first-order chi connectivity index (χ1) is 9.81. The Morgan fingerprint density at radius 3 is 3.05 bits per heavy atom. The Balaban J connectivity index is 1.54. The quantitative estimate of drug-likeness (QED) is 0.827. The van der Waals surface area contributed by atoms with Crippen LogP contribution in [0.25, 0.3) is 0 Å². The molecule has 1 aromatic rings. The van der Waals surface area contributed by atoms with Crippen LogP contribution in [0.2, 0.25) is 0 Å². The largest absolute Gasteiger partial charge is 0.493 e. The summed E-state index contributed by atoms with van der Waals surface area (Å²) in [5.41, 5.74) is 2.74. The fourth-order valence-electron chi connectivity index (χ4n) is 3.13. The smallest absolute Gasteiger partial charge is 0.122 e. The first-order valence-electron chi connectivity index (χ1n) is 7.45. The normalized spacial score (nSPS) is 24.6. The third kappa shape index (κ3) is 2.97. The maximum absolute atomic E-state index is 9.22. The summed E-state index contributed by atoms with van der Waals surface area (Å²) in [5.74, 6) is 1.04. The minimum absolute atomic E-state index is 0.120. The van der Waals surface area contributed by atoms with Crippen molar-refractivity contribution in [2.75, 3.05) is 33.0 Å². The van der Waals surface area contributed by atoms with E-state index >= 15 is 0 Å². The fourth-order valence-corrected chi connectivity index (χ4v) is 3.13. The summed E-state index contributed by atoms with van der Waals surface area (Å²) in [6.45, 7) is 4.39. The zero-order chi connectivity index (χ0) is 13.8. The average molecular weight is 277 g/mol. The third-order valence-corrected chi connectivity index (χ3v) is 4.41. The van der Waals surface area contributed by atoms with Gasteiger partial charge in [-0.2, -0.15) is 0 Å². The summed E-state index contributed by atoms with van der Waals surface area (Å²) >= 11 is 0. The van der Waals surface area contributed by atoms with Gasteiger partial charge < -0.3 is 19.9 Å². The van der Waals surface area contributed by atoms with Crippen LogP contribution in [0, 0.1) is 5.41 Å².